The minimum Gasteiger partial charge on any atom is -0.444 e. The van der Waals surface area contributed by atoms with Crippen molar-refractivity contribution in [1.82, 2.24) is 4.90 Å². The number of carbonyl (C=O) groups excluding carboxylic acids is 2. The maximum Gasteiger partial charge on any atom is 0.410 e. The molecule has 0 aliphatic heterocycles. The monoisotopic (exact) mass is 289 g/mol. The molecular formula is C17H23NO3. The van der Waals surface area contributed by atoms with Gasteiger partial charge in [-0.15, -0.1) is 0 Å². The number of carbonyl (C=O) groups is 2. The van der Waals surface area contributed by atoms with Gasteiger partial charge in [0.25, 0.3) is 0 Å². The Morgan fingerprint density at radius 1 is 1.24 bits per heavy atom. The summed E-state index contributed by atoms with van der Waals surface area (Å²) in [5, 5.41) is 0. The van der Waals surface area contributed by atoms with E-state index in [1.165, 1.54) is 4.90 Å². The van der Waals surface area contributed by atoms with Crippen LogP contribution in [0.15, 0.2) is 35.9 Å². The number of hydrogen-bond acceptors (Lipinski definition) is 3. The topological polar surface area (TPSA) is 46.6 Å². The molecule has 0 aliphatic rings. The van der Waals surface area contributed by atoms with Gasteiger partial charge in [-0.2, -0.15) is 0 Å². The summed E-state index contributed by atoms with van der Waals surface area (Å²) >= 11 is 0. The zero-order valence-electron chi connectivity index (χ0n) is 13.3. The van der Waals surface area contributed by atoms with E-state index in [0.717, 1.165) is 17.4 Å². The molecule has 0 saturated heterocycles. The predicted molar refractivity (Wildman–Crippen MR) is 83.9 cm³/mol. The summed E-state index contributed by atoms with van der Waals surface area (Å²) in [4.78, 5) is 24.7. The van der Waals surface area contributed by atoms with E-state index < -0.39 is 17.7 Å². The molecule has 114 valence electrons. The molecule has 21 heavy (non-hydrogen) atoms. The Kier molecular flexibility index (Phi) is 5.70. The lowest BCUT2D eigenvalue weighted by Crippen LogP contribution is -2.42. The zero-order chi connectivity index (χ0) is 16.0. The Hall–Kier alpha value is -2.10. The van der Waals surface area contributed by atoms with E-state index >= 15 is 0 Å². The summed E-state index contributed by atoms with van der Waals surface area (Å²) in [6.07, 6.45) is 2.12. The van der Waals surface area contributed by atoms with E-state index in [9.17, 15) is 9.59 Å². The molecule has 4 heteroatoms. The Morgan fingerprint density at radius 2 is 1.81 bits per heavy atom. The smallest absolute Gasteiger partial charge is 0.410 e. The third-order valence-corrected chi connectivity index (χ3v) is 2.89. The number of hydrogen-bond donors (Lipinski definition) is 0. The highest BCUT2D eigenvalue weighted by atomic mass is 16.6. The number of aldehydes is 1. The number of amides is 1. The molecule has 0 spiro atoms. The maximum atomic E-state index is 12.0. The number of ether oxygens (including phenoxy) is 1. The van der Waals surface area contributed by atoms with Gasteiger partial charge in [-0.25, -0.2) is 4.79 Å². The van der Waals surface area contributed by atoms with Gasteiger partial charge >= 0.3 is 6.09 Å². The van der Waals surface area contributed by atoms with Gasteiger partial charge in [0, 0.05) is 7.05 Å². The molecule has 1 rings (SSSR count). The molecular weight excluding hydrogens is 266 g/mol. The van der Waals surface area contributed by atoms with Crippen LogP contribution in [0, 0.1) is 0 Å². The van der Waals surface area contributed by atoms with Gasteiger partial charge in [0.05, 0.1) is 0 Å². The lowest BCUT2D eigenvalue weighted by Gasteiger charge is -2.28. The van der Waals surface area contributed by atoms with Crippen LogP contribution >= 0.6 is 0 Å². The summed E-state index contributed by atoms with van der Waals surface area (Å²) in [6.45, 7) is 7.21. The van der Waals surface area contributed by atoms with Gasteiger partial charge in [-0.1, -0.05) is 36.4 Å². The highest BCUT2D eigenvalue weighted by Crippen LogP contribution is 2.16. The molecule has 0 aromatic heterocycles. The van der Waals surface area contributed by atoms with Crippen LogP contribution < -0.4 is 0 Å². The lowest BCUT2D eigenvalue weighted by molar-refractivity contribution is -0.111. The highest BCUT2D eigenvalue weighted by molar-refractivity contribution is 5.77. The largest absolute Gasteiger partial charge is 0.444 e. The van der Waals surface area contributed by atoms with E-state index in [0.29, 0.717) is 0 Å². The van der Waals surface area contributed by atoms with Crippen molar-refractivity contribution in [3.8, 4) is 0 Å². The van der Waals surface area contributed by atoms with Crippen LogP contribution in [0.5, 0.6) is 0 Å². The van der Waals surface area contributed by atoms with Crippen molar-refractivity contribution >= 4 is 18.5 Å². The van der Waals surface area contributed by atoms with Crippen molar-refractivity contribution in [3.05, 3.63) is 41.5 Å². The summed E-state index contributed by atoms with van der Waals surface area (Å²) in [5.41, 5.74) is 1.18. The summed E-state index contributed by atoms with van der Waals surface area (Å²) in [6, 6.07) is 9.02. The van der Waals surface area contributed by atoms with Gasteiger partial charge in [-0.3, -0.25) is 4.90 Å². The third kappa shape index (κ3) is 5.42. The first-order chi connectivity index (χ1) is 9.74. The van der Waals surface area contributed by atoms with Crippen LogP contribution in [0.2, 0.25) is 0 Å². The number of benzene rings is 1. The Bertz CT molecular complexity index is 515. The second-order valence-electron chi connectivity index (χ2n) is 5.97. The van der Waals surface area contributed by atoms with Crippen molar-refractivity contribution in [1.29, 1.82) is 0 Å². The fraction of sp³-hybridized carbons (Fsp3) is 0.412. The first kappa shape index (κ1) is 17.0. The Balaban J connectivity index is 2.89. The summed E-state index contributed by atoms with van der Waals surface area (Å²) < 4.78 is 5.28. The lowest BCUT2D eigenvalue weighted by atomic mass is 10.1. The van der Waals surface area contributed by atoms with Crippen LogP contribution in [0.4, 0.5) is 4.79 Å². The van der Waals surface area contributed by atoms with Gasteiger partial charge in [0.2, 0.25) is 0 Å². The second kappa shape index (κ2) is 7.07. The van der Waals surface area contributed by atoms with E-state index in [1.807, 2.05) is 43.3 Å². The van der Waals surface area contributed by atoms with Crippen molar-refractivity contribution in [2.45, 2.75) is 39.3 Å². The SMILES string of the molecule is C/C(=C\c1ccccc1)C(C=O)N(C)C(=O)OC(C)(C)C. The molecule has 0 saturated carbocycles. The minimum atomic E-state index is -0.639. The third-order valence-electron chi connectivity index (χ3n) is 2.89. The Morgan fingerprint density at radius 3 is 2.29 bits per heavy atom. The molecule has 1 unspecified atom stereocenters. The highest BCUT2D eigenvalue weighted by Gasteiger charge is 2.25. The van der Waals surface area contributed by atoms with Crippen LogP contribution in [-0.4, -0.2) is 36.0 Å². The van der Waals surface area contributed by atoms with E-state index in [4.69, 9.17) is 4.74 Å². The predicted octanol–water partition coefficient (Wildman–Crippen LogP) is 3.52. The maximum absolute atomic E-state index is 12.0. The standard InChI is InChI=1S/C17H23NO3/c1-13(11-14-9-7-6-8-10-14)15(12-19)18(5)16(20)21-17(2,3)4/h6-12,15H,1-5H3/b13-11+. The molecule has 0 heterocycles. The van der Waals surface area contributed by atoms with E-state index in [1.54, 1.807) is 27.8 Å². The average molecular weight is 289 g/mol. The van der Waals surface area contributed by atoms with Gasteiger partial charge in [0.1, 0.15) is 17.9 Å². The van der Waals surface area contributed by atoms with Crippen LogP contribution in [0.25, 0.3) is 6.08 Å². The summed E-state index contributed by atoms with van der Waals surface area (Å²) in [5.74, 6) is 0. The average Bonchev–Trinajstić information content (AvgIpc) is 2.38. The van der Waals surface area contributed by atoms with Crippen LogP contribution in [0.1, 0.15) is 33.3 Å². The Labute approximate surface area is 126 Å². The van der Waals surface area contributed by atoms with Crippen LogP contribution in [0.3, 0.4) is 0 Å². The quantitative estimate of drug-likeness (QED) is 0.797. The first-order valence-corrected chi connectivity index (χ1v) is 6.89. The molecule has 4 nitrogen and oxygen atoms in total. The molecule has 1 amide bonds. The molecule has 1 atom stereocenters. The van der Waals surface area contributed by atoms with Gasteiger partial charge in [-0.05, 0) is 38.8 Å². The summed E-state index contributed by atoms with van der Waals surface area (Å²) in [7, 11) is 1.56. The normalized spacial score (nSPS) is 13.5. The van der Waals surface area contributed by atoms with Crippen molar-refractivity contribution in [3.63, 3.8) is 0 Å². The molecule has 0 bridgehead atoms. The molecule has 1 aromatic carbocycles. The fourth-order valence-corrected chi connectivity index (χ4v) is 1.85. The van der Waals surface area contributed by atoms with Crippen molar-refractivity contribution in [2.75, 3.05) is 7.05 Å². The number of likely N-dealkylation sites (N-methyl/N-ethyl adjacent to an activating group) is 1. The molecule has 0 fully saturated rings. The van der Waals surface area contributed by atoms with Crippen LogP contribution in [-0.2, 0) is 9.53 Å². The number of rotatable bonds is 4. The minimum absolute atomic E-state index is 0.514. The second-order valence-corrected chi connectivity index (χ2v) is 5.97. The van der Waals surface area contributed by atoms with Crippen molar-refractivity contribution in [2.24, 2.45) is 0 Å². The van der Waals surface area contributed by atoms with Crippen molar-refractivity contribution < 1.29 is 14.3 Å². The molecule has 1 aromatic rings. The van der Waals surface area contributed by atoms with E-state index in [2.05, 4.69) is 0 Å². The molecule has 0 radical (unpaired) electrons. The van der Waals surface area contributed by atoms with Gasteiger partial charge < -0.3 is 9.53 Å². The zero-order valence-corrected chi connectivity index (χ0v) is 13.3. The molecule has 0 N–H and O–H groups in total. The number of nitrogens with zero attached hydrogens (tertiary/aromatic N) is 1. The fourth-order valence-electron chi connectivity index (χ4n) is 1.85. The van der Waals surface area contributed by atoms with E-state index in [-0.39, 0.29) is 0 Å². The molecule has 0 aliphatic carbocycles. The first-order valence-electron chi connectivity index (χ1n) is 6.89. The van der Waals surface area contributed by atoms with Gasteiger partial charge in [0.15, 0.2) is 0 Å².